The number of anilines is 1. The van der Waals surface area contributed by atoms with Gasteiger partial charge in [-0.05, 0) is 39.7 Å². The number of rotatable bonds is 1. The molecule has 0 spiro atoms. The van der Waals surface area contributed by atoms with Crippen molar-refractivity contribution in [3.8, 4) is 11.1 Å². The first-order chi connectivity index (χ1) is 7.08. The molecule has 78 valence electrons. The highest BCUT2D eigenvalue weighted by Crippen LogP contribution is 2.39. The second-order valence-corrected chi connectivity index (χ2v) is 6.11. The molecule has 0 fully saturated rings. The SMILES string of the molecule is Nc1ccc(-c2cc(Cl)sc2Cl)cc1Br. The van der Waals surface area contributed by atoms with Crippen molar-refractivity contribution < 1.29 is 0 Å². The predicted molar refractivity (Wildman–Crippen MR) is 71.9 cm³/mol. The maximum atomic E-state index is 6.06. The molecule has 2 N–H and O–H groups in total. The molecule has 1 heterocycles. The van der Waals surface area contributed by atoms with Gasteiger partial charge in [-0.25, -0.2) is 0 Å². The van der Waals surface area contributed by atoms with Crippen LogP contribution in [0.15, 0.2) is 28.7 Å². The summed E-state index contributed by atoms with van der Waals surface area (Å²) in [5.41, 5.74) is 8.35. The summed E-state index contributed by atoms with van der Waals surface area (Å²) in [5, 5.41) is 0. The molecule has 1 nitrogen and oxygen atoms in total. The third-order valence-electron chi connectivity index (χ3n) is 1.97. The number of hydrogen-bond acceptors (Lipinski definition) is 2. The van der Waals surface area contributed by atoms with Crippen LogP contribution in [0, 0.1) is 0 Å². The van der Waals surface area contributed by atoms with Crippen molar-refractivity contribution in [2.45, 2.75) is 0 Å². The summed E-state index contributed by atoms with van der Waals surface area (Å²) in [6, 6.07) is 7.54. The molecule has 0 bridgehead atoms. The maximum absolute atomic E-state index is 6.06. The molecule has 0 radical (unpaired) electrons. The van der Waals surface area contributed by atoms with Gasteiger partial charge < -0.3 is 5.73 Å². The zero-order chi connectivity index (χ0) is 11.0. The van der Waals surface area contributed by atoms with Gasteiger partial charge in [0.25, 0.3) is 0 Å². The van der Waals surface area contributed by atoms with Crippen LogP contribution in [0.25, 0.3) is 11.1 Å². The number of nitrogen functional groups attached to an aromatic ring is 1. The van der Waals surface area contributed by atoms with Crippen molar-refractivity contribution >= 4 is 56.2 Å². The third-order valence-corrected chi connectivity index (χ3v) is 4.14. The van der Waals surface area contributed by atoms with Gasteiger partial charge in [-0.3, -0.25) is 0 Å². The Morgan fingerprint density at radius 3 is 2.47 bits per heavy atom. The fourth-order valence-corrected chi connectivity index (χ4v) is 3.12. The minimum absolute atomic E-state index is 0.683. The van der Waals surface area contributed by atoms with Crippen molar-refractivity contribution in [2.75, 3.05) is 5.73 Å². The lowest BCUT2D eigenvalue weighted by atomic mass is 10.1. The van der Waals surface area contributed by atoms with Gasteiger partial charge in [-0.1, -0.05) is 29.3 Å². The molecular formula is C10H6BrCl2NS. The summed E-state index contributed by atoms with van der Waals surface area (Å²) in [4.78, 5) is 0. The lowest BCUT2D eigenvalue weighted by Gasteiger charge is -2.02. The van der Waals surface area contributed by atoms with Crippen LogP contribution in [0.2, 0.25) is 8.67 Å². The average Bonchev–Trinajstić information content (AvgIpc) is 2.50. The highest BCUT2D eigenvalue weighted by Gasteiger charge is 2.09. The van der Waals surface area contributed by atoms with Crippen LogP contribution in [-0.4, -0.2) is 0 Å². The van der Waals surface area contributed by atoms with E-state index in [0.29, 0.717) is 14.4 Å². The zero-order valence-corrected chi connectivity index (χ0v) is 11.3. The Bertz CT molecular complexity index is 510. The van der Waals surface area contributed by atoms with E-state index in [4.69, 9.17) is 28.9 Å². The summed E-state index contributed by atoms with van der Waals surface area (Å²) < 4.78 is 2.23. The second-order valence-electron chi connectivity index (χ2n) is 2.97. The molecule has 2 aromatic rings. The highest BCUT2D eigenvalue weighted by molar-refractivity contribution is 9.10. The first-order valence-electron chi connectivity index (χ1n) is 4.08. The van der Waals surface area contributed by atoms with E-state index in [1.165, 1.54) is 11.3 Å². The normalized spacial score (nSPS) is 10.6. The minimum atomic E-state index is 0.683. The quantitative estimate of drug-likeness (QED) is 0.729. The topological polar surface area (TPSA) is 26.0 Å². The fourth-order valence-electron chi connectivity index (χ4n) is 1.23. The maximum Gasteiger partial charge on any atom is 0.102 e. The van der Waals surface area contributed by atoms with E-state index >= 15 is 0 Å². The van der Waals surface area contributed by atoms with E-state index in [1.54, 1.807) is 0 Å². The van der Waals surface area contributed by atoms with E-state index in [0.717, 1.165) is 15.6 Å². The Kier molecular flexibility index (Phi) is 3.26. The van der Waals surface area contributed by atoms with Crippen LogP contribution in [0.1, 0.15) is 0 Å². The van der Waals surface area contributed by atoms with E-state index in [-0.39, 0.29) is 0 Å². The smallest absolute Gasteiger partial charge is 0.102 e. The van der Waals surface area contributed by atoms with Gasteiger partial charge in [0.2, 0.25) is 0 Å². The van der Waals surface area contributed by atoms with Crippen LogP contribution in [0.4, 0.5) is 5.69 Å². The fraction of sp³-hybridized carbons (Fsp3) is 0. The van der Waals surface area contributed by atoms with E-state index < -0.39 is 0 Å². The van der Waals surface area contributed by atoms with Gasteiger partial charge in [0.1, 0.15) is 4.34 Å². The van der Waals surface area contributed by atoms with E-state index in [9.17, 15) is 0 Å². The van der Waals surface area contributed by atoms with Gasteiger partial charge in [0.15, 0.2) is 0 Å². The van der Waals surface area contributed by atoms with Gasteiger partial charge >= 0.3 is 0 Å². The van der Waals surface area contributed by atoms with Crippen molar-refractivity contribution in [3.63, 3.8) is 0 Å². The van der Waals surface area contributed by atoms with Crippen molar-refractivity contribution in [1.82, 2.24) is 0 Å². The molecule has 0 aliphatic heterocycles. The van der Waals surface area contributed by atoms with Crippen LogP contribution in [0.5, 0.6) is 0 Å². The lowest BCUT2D eigenvalue weighted by molar-refractivity contribution is 1.61. The standard InChI is InChI=1S/C10H6BrCl2NS/c11-7-3-5(1-2-8(7)14)6-4-9(12)15-10(6)13/h1-4H,14H2. The van der Waals surface area contributed by atoms with Gasteiger partial charge in [-0.15, -0.1) is 11.3 Å². The third kappa shape index (κ3) is 2.31. The van der Waals surface area contributed by atoms with Crippen LogP contribution in [-0.2, 0) is 0 Å². The number of hydrogen-bond donors (Lipinski definition) is 1. The van der Waals surface area contributed by atoms with Crippen molar-refractivity contribution in [2.24, 2.45) is 0 Å². The molecule has 0 atom stereocenters. The first kappa shape index (κ1) is 11.3. The summed E-state index contributed by atoms with van der Waals surface area (Å²) in [6.07, 6.45) is 0. The number of nitrogens with two attached hydrogens (primary N) is 1. The Balaban J connectivity index is 2.54. The summed E-state index contributed by atoms with van der Waals surface area (Å²) in [6.45, 7) is 0. The van der Waals surface area contributed by atoms with Crippen LogP contribution in [0.3, 0.4) is 0 Å². The monoisotopic (exact) mass is 321 g/mol. The van der Waals surface area contributed by atoms with Gasteiger partial charge in [0, 0.05) is 15.7 Å². The molecule has 15 heavy (non-hydrogen) atoms. The molecule has 0 aliphatic rings. The average molecular weight is 323 g/mol. The van der Waals surface area contributed by atoms with Crippen LogP contribution >= 0.6 is 50.5 Å². The summed E-state index contributed by atoms with van der Waals surface area (Å²) in [7, 11) is 0. The molecule has 1 aromatic heterocycles. The summed E-state index contributed by atoms with van der Waals surface area (Å²) in [5.74, 6) is 0. The van der Waals surface area contributed by atoms with Crippen LogP contribution < -0.4 is 5.73 Å². The van der Waals surface area contributed by atoms with Crippen molar-refractivity contribution in [3.05, 3.63) is 37.4 Å². The Morgan fingerprint density at radius 1 is 1.20 bits per heavy atom. The number of halogens is 3. The van der Waals surface area contributed by atoms with E-state index in [2.05, 4.69) is 15.9 Å². The first-order valence-corrected chi connectivity index (χ1v) is 6.44. The number of thiophene rings is 1. The molecule has 0 saturated heterocycles. The molecule has 2 rings (SSSR count). The van der Waals surface area contributed by atoms with Gasteiger partial charge in [-0.2, -0.15) is 0 Å². The predicted octanol–water partition coefficient (Wildman–Crippen LogP) is 5.07. The van der Waals surface area contributed by atoms with Gasteiger partial charge in [0.05, 0.1) is 4.34 Å². The lowest BCUT2D eigenvalue weighted by Crippen LogP contribution is -1.86. The molecule has 0 unspecified atom stereocenters. The summed E-state index contributed by atoms with van der Waals surface area (Å²) >= 11 is 16.7. The highest BCUT2D eigenvalue weighted by atomic mass is 79.9. The Labute approximate surface area is 110 Å². The molecular weight excluding hydrogens is 317 g/mol. The Morgan fingerprint density at radius 2 is 1.93 bits per heavy atom. The molecule has 5 heteroatoms. The molecule has 1 aromatic carbocycles. The largest absolute Gasteiger partial charge is 0.398 e. The number of benzene rings is 1. The molecule has 0 saturated carbocycles. The second kappa shape index (κ2) is 4.34. The molecule has 0 aliphatic carbocycles. The van der Waals surface area contributed by atoms with E-state index in [1.807, 2.05) is 24.3 Å². The molecule has 0 amide bonds. The van der Waals surface area contributed by atoms with Crippen molar-refractivity contribution in [1.29, 1.82) is 0 Å². The Hall–Kier alpha value is -0.220. The minimum Gasteiger partial charge on any atom is -0.398 e. The zero-order valence-electron chi connectivity index (χ0n) is 7.43.